The van der Waals surface area contributed by atoms with Gasteiger partial charge in [0.25, 0.3) is 5.91 Å². The van der Waals surface area contributed by atoms with Crippen molar-refractivity contribution in [3.63, 3.8) is 0 Å². The van der Waals surface area contributed by atoms with Crippen LogP contribution in [0.25, 0.3) is 10.9 Å². The Hall–Kier alpha value is -3.06. The van der Waals surface area contributed by atoms with Gasteiger partial charge < -0.3 is 30.8 Å². The Kier molecular flexibility index (Phi) is 8.58. The summed E-state index contributed by atoms with van der Waals surface area (Å²) in [5.41, 5.74) is 0.788. The van der Waals surface area contributed by atoms with Gasteiger partial charge in [-0.3, -0.25) is 14.4 Å². The second kappa shape index (κ2) is 11.1. The highest BCUT2D eigenvalue weighted by Gasteiger charge is 2.55. The average Bonchev–Trinajstić information content (AvgIpc) is 3.14. The van der Waals surface area contributed by atoms with Crippen molar-refractivity contribution in [3.8, 4) is 0 Å². The van der Waals surface area contributed by atoms with Crippen LogP contribution in [0.4, 0.5) is 0 Å². The molecular formula is C25H36N4O8. The first kappa shape index (κ1) is 28.5. The van der Waals surface area contributed by atoms with Crippen molar-refractivity contribution in [2.24, 2.45) is 17.8 Å². The minimum atomic E-state index is -2.27. The number of carboxylic acids is 2. The number of carbonyl (C=O) groups is 3. The third-order valence-electron chi connectivity index (χ3n) is 6.69. The summed E-state index contributed by atoms with van der Waals surface area (Å²) in [4.78, 5) is 34.6. The number of hydrogen-bond donors (Lipinski definition) is 6. The molecule has 1 aromatic carbocycles. The number of rotatable bonds is 9. The number of carboxylic acid groups (broad SMARTS) is 2. The van der Waals surface area contributed by atoms with Crippen molar-refractivity contribution in [3.05, 3.63) is 30.0 Å². The molecule has 1 saturated carbocycles. The van der Waals surface area contributed by atoms with Gasteiger partial charge in [0, 0.05) is 43.8 Å². The topological polar surface area (TPSA) is 185 Å². The average molecular weight is 521 g/mol. The molecule has 4 atom stereocenters. The number of β-amino-alcohol motifs (C(OH)–C–C–N with tert-alkyl or cyclic N) is 1. The molecule has 4 rings (SSSR count). The molecule has 1 amide bonds. The number of amides is 1. The lowest BCUT2D eigenvalue weighted by atomic mass is 10.1. The maximum Gasteiger partial charge on any atom is 0.335 e. The van der Waals surface area contributed by atoms with E-state index >= 15 is 0 Å². The summed E-state index contributed by atoms with van der Waals surface area (Å²) < 4.78 is 1.91. The van der Waals surface area contributed by atoms with Crippen LogP contribution in [0.1, 0.15) is 44.1 Å². The maximum atomic E-state index is 12.7. The summed E-state index contributed by atoms with van der Waals surface area (Å²) in [6.07, 6.45) is -2.53. The zero-order valence-corrected chi connectivity index (χ0v) is 21.4. The monoisotopic (exact) mass is 520 g/mol. The van der Waals surface area contributed by atoms with Gasteiger partial charge in [-0.05, 0) is 51.5 Å². The number of nitrogens with one attached hydrogen (secondary N) is 1. The molecule has 12 heteroatoms. The predicted molar refractivity (Wildman–Crippen MR) is 133 cm³/mol. The Balaban J connectivity index is 0.000000325. The van der Waals surface area contributed by atoms with Crippen LogP contribution in [0.5, 0.6) is 0 Å². The number of aliphatic carboxylic acids is 2. The second-order valence-corrected chi connectivity index (χ2v) is 10.7. The van der Waals surface area contributed by atoms with E-state index in [-0.39, 0.29) is 11.9 Å². The standard InChI is InChI=1S/C21H30N4O2.C4H6O6/c1-13(2)25-9-14-6-5-7-15(19(14)23-25)20(26)22-8-16-17-10-24(11-18(16)17)12-21(3,4)27;5-1(3(7)8)2(6)4(9)10/h5-7,9,13,16-18,27H,8,10-12H2,1-4H3,(H,22,26);1-2,5-6H,(H,7,8)(H,9,10). The van der Waals surface area contributed by atoms with Crippen LogP contribution >= 0.6 is 0 Å². The maximum absolute atomic E-state index is 12.7. The van der Waals surface area contributed by atoms with Crippen molar-refractivity contribution in [1.29, 1.82) is 0 Å². The number of benzene rings is 1. The molecule has 2 aliphatic rings. The third-order valence-corrected chi connectivity index (χ3v) is 6.69. The van der Waals surface area contributed by atoms with E-state index in [9.17, 15) is 19.5 Å². The summed E-state index contributed by atoms with van der Waals surface area (Å²) in [6, 6.07) is 6.05. The minimum absolute atomic E-state index is 0.0343. The molecule has 1 aliphatic heterocycles. The molecule has 6 N–H and O–H groups in total. The van der Waals surface area contributed by atoms with Crippen LogP contribution in [0, 0.1) is 17.8 Å². The van der Waals surface area contributed by atoms with E-state index < -0.39 is 29.7 Å². The summed E-state index contributed by atoms with van der Waals surface area (Å²) in [6.45, 7) is 11.4. The largest absolute Gasteiger partial charge is 0.479 e. The Morgan fingerprint density at radius 2 is 1.65 bits per heavy atom. The van der Waals surface area contributed by atoms with E-state index in [1.54, 1.807) is 0 Å². The molecule has 0 radical (unpaired) electrons. The highest BCUT2D eigenvalue weighted by atomic mass is 16.4. The van der Waals surface area contributed by atoms with Crippen LogP contribution in [-0.2, 0) is 9.59 Å². The lowest BCUT2D eigenvalue weighted by Crippen LogP contribution is -2.39. The lowest BCUT2D eigenvalue weighted by molar-refractivity contribution is -0.165. The van der Waals surface area contributed by atoms with Crippen molar-refractivity contribution in [2.45, 2.75) is 51.5 Å². The first-order valence-electron chi connectivity index (χ1n) is 12.2. The first-order valence-corrected chi connectivity index (χ1v) is 12.2. The van der Waals surface area contributed by atoms with E-state index in [2.05, 4.69) is 29.2 Å². The van der Waals surface area contributed by atoms with E-state index in [1.165, 1.54) is 0 Å². The van der Waals surface area contributed by atoms with Crippen LogP contribution in [0.3, 0.4) is 0 Å². The van der Waals surface area contributed by atoms with Crippen LogP contribution < -0.4 is 5.32 Å². The number of nitrogens with zero attached hydrogens (tertiary/aromatic N) is 3. The van der Waals surface area contributed by atoms with E-state index in [0.29, 0.717) is 23.3 Å². The SMILES string of the molecule is CC(C)n1cc2cccc(C(=O)NCC3C4CN(CC(C)(C)O)CC34)c2n1.O=C(O)C(O)C(O)C(=O)O. The van der Waals surface area contributed by atoms with Gasteiger partial charge in [0.15, 0.2) is 12.2 Å². The van der Waals surface area contributed by atoms with E-state index in [1.807, 2.05) is 42.9 Å². The van der Waals surface area contributed by atoms with Gasteiger partial charge >= 0.3 is 11.9 Å². The molecule has 0 bridgehead atoms. The molecule has 4 unspecified atom stereocenters. The molecule has 1 saturated heterocycles. The molecular weight excluding hydrogens is 484 g/mol. The Morgan fingerprint density at radius 3 is 2.14 bits per heavy atom. The Bertz CT molecular complexity index is 1110. The van der Waals surface area contributed by atoms with Gasteiger partial charge in [-0.25, -0.2) is 9.59 Å². The van der Waals surface area contributed by atoms with Crippen molar-refractivity contribution < 1.29 is 39.9 Å². The lowest BCUT2D eigenvalue weighted by Gasteiger charge is -2.27. The fourth-order valence-electron chi connectivity index (χ4n) is 4.80. The molecule has 204 valence electrons. The number of aliphatic hydroxyl groups excluding tert-OH is 2. The zero-order chi connectivity index (χ0) is 27.7. The zero-order valence-electron chi connectivity index (χ0n) is 21.4. The van der Waals surface area contributed by atoms with Crippen LogP contribution in [0.15, 0.2) is 24.4 Å². The summed E-state index contributed by atoms with van der Waals surface area (Å²) >= 11 is 0. The third kappa shape index (κ3) is 7.04. The Morgan fingerprint density at radius 1 is 1.08 bits per heavy atom. The quantitative estimate of drug-likeness (QED) is 0.266. The number of piperidine rings is 1. The molecule has 12 nitrogen and oxygen atoms in total. The minimum Gasteiger partial charge on any atom is -0.479 e. The number of aliphatic hydroxyl groups is 3. The number of hydrogen-bond acceptors (Lipinski definition) is 8. The number of fused-ring (bicyclic) bond motifs is 2. The Labute approximate surface area is 214 Å². The number of aromatic nitrogens is 2. The first-order chi connectivity index (χ1) is 17.2. The van der Waals surface area contributed by atoms with Crippen LogP contribution in [-0.4, -0.2) is 102 Å². The highest BCUT2D eigenvalue weighted by Crippen LogP contribution is 2.51. The fourth-order valence-corrected chi connectivity index (χ4v) is 4.80. The molecule has 1 aliphatic carbocycles. The normalized spacial score (nSPS) is 22.6. The molecule has 2 heterocycles. The number of likely N-dealkylation sites (tertiary alicyclic amines) is 1. The van der Waals surface area contributed by atoms with Gasteiger partial charge in [-0.1, -0.05) is 12.1 Å². The smallest absolute Gasteiger partial charge is 0.335 e. The van der Waals surface area contributed by atoms with Crippen molar-refractivity contribution in [2.75, 3.05) is 26.2 Å². The van der Waals surface area contributed by atoms with Crippen molar-refractivity contribution in [1.82, 2.24) is 20.0 Å². The molecule has 37 heavy (non-hydrogen) atoms. The van der Waals surface area contributed by atoms with Gasteiger partial charge in [-0.2, -0.15) is 5.10 Å². The molecule has 1 aromatic heterocycles. The summed E-state index contributed by atoms with van der Waals surface area (Å²) in [5.74, 6) is -1.69. The molecule has 2 fully saturated rings. The van der Waals surface area contributed by atoms with Gasteiger partial charge in [0.2, 0.25) is 0 Å². The van der Waals surface area contributed by atoms with Gasteiger partial charge in [0.05, 0.1) is 11.2 Å². The van der Waals surface area contributed by atoms with Crippen LogP contribution in [0.2, 0.25) is 0 Å². The van der Waals surface area contributed by atoms with Gasteiger partial charge in [-0.15, -0.1) is 0 Å². The van der Waals surface area contributed by atoms with E-state index in [0.717, 1.165) is 37.1 Å². The van der Waals surface area contributed by atoms with Gasteiger partial charge in [0.1, 0.15) is 5.52 Å². The van der Waals surface area contributed by atoms with Crippen molar-refractivity contribution >= 4 is 28.7 Å². The fraction of sp³-hybridized carbons (Fsp3) is 0.600. The summed E-state index contributed by atoms with van der Waals surface area (Å²) in [5, 5.41) is 51.2. The highest BCUT2D eigenvalue weighted by molar-refractivity contribution is 6.05. The number of carbonyl (C=O) groups excluding carboxylic acids is 1. The second-order valence-electron chi connectivity index (χ2n) is 10.7. The molecule has 2 aromatic rings. The summed E-state index contributed by atoms with van der Waals surface area (Å²) in [7, 11) is 0. The predicted octanol–water partition coefficient (Wildman–Crippen LogP) is 0.173. The van der Waals surface area contributed by atoms with E-state index in [4.69, 9.17) is 20.4 Å². The molecule has 0 spiro atoms.